The summed E-state index contributed by atoms with van der Waals surface area (Å²) in [5, 5.41) is 10.6. The Morgan fingerprint density at radius 1 is 0.683 bits per heavy atom. The number of carbonyl (C=O) groups is 5. The molecule has 0 saturated carbocycles. The highest BCUT2D eigenvalue weighted by Crippen LogP contribution is 2.26. The van der Waals surface area contributed by atoms with Gasteiger partial charge in [0, 0.05) is 55.9 Å². The summed E-state index contributed by atoms with van der Waals surface area (Å²) in [4.78, 5) is 65.0. The Bertz CT molecular complexity index is 1880. The molecular weight excluding hydrogens is 799 g/mol. The number of rotatable bonds is 28. The van der Waals surface area contributed by atoms with Gasteiger partial charge in [0.25, 0.3) is 10.1 Å². The number of ether oxygens (including phenoxy) is 4. The number of hydrogen-bond donors (Lipinski definition) is 5. The summed E-state index contributed by atoms with van der Waals surface area (Å²) >= 11 is 0. The minimum Gasteiger partial charge on any atom is -0.379 e. The zero-order valence-corrected chi connectivity index (χ0v) is 35.5. The summed E-state index contributed by atoms with van der Waals surface area (Å²) in [6.45, 7) is 8.23. The molecule has 5 amide bonds. The number of amides is 5. The number of benzene rings is 2. The van der Waals surface area contributed by atoms with E-state index >= 15 is 0 Å². The van der Waals surface area contributed by atoms with Crippen molar-refractivity contribution in [2.45, 2.75) is 71.5 Å². The SMILES string of the molecule is CC(C)C(C)NC(=O)C(CCC(=O)NCCS(=O)(=O)O)NC(=O)CCOCCOCCOCCOCCNC(=O)CCC(=O)N1Cc2ccccc2C#Cc2ccccc21. The van der Waals surface area contributed by atoms with E-state index in [9.17, 15) is 32.4 Å². The molecule has 330 valence electrons. The average molecular weight is 858 g/mol. The molecule has 17 nitrogen and oxygen atoms in total. The predicted molar refractivity (Wildman–Crippen MR) is 223 cm³/mol. The van der Waals surface area contributed by atoms with Crippen LogP contribution in [-0.2, 0) is 59.6 Å². The Kier molecular flexibility index (Phi) is 22.3. The van der Waals surface area contributed by atoms with Gasteiger partial charge < -0.3 is 45.1 Å². The van der Waals surface area contributed by atoms with Crippen LogP contribution in [0.15, 0.2) is 48.5 Å². The third-order valence-electron chi connectivity index (χ3n) is 9.26. The molecule has 2 unspecified atom stereocenters. The number of nitrogens with one attached hydrogen (secondary N) is 4. The van der Waals surface area contributed by atoms with Crippen LogP contribution in [0.25, 0.3) is 0 Å². The van der Waals surface area contributed by atoms with Gasteiger partial charge in [0.05, 0.1) is 70.8 Å². The molecule has 1 aliphatic heterocycles. The first-order valence-electron chi connectivity index (χ1n) is 20.1. The van der Waals surface area contributed by atoms with Crippen LogP contribution < -0.4 is 26.2 Å². The molecule has 2 atom stereocenters. The minimum absolute atomic E-state index is 0.0185. The molecule has 0 saturated heterocycles. The average Bonchev–Trinajstić information content (AvgIpc) is 3.20. The van der Waals surface area contributed by atoms with Gasteiger partial charge in [0.2, 0.25) is 29.5 Å². The van der Waals surface area contributed by atoms with Crippen LogP contribution in [0.1, 0.15) is 69.6 Å². The number of para-hydroxylation sites is 1. The zero-order chi connectivity index (χ0) is 43.8. The van der Waals surface area contributed by atoms with Crippen molar-refractivity contribution in [1.82, 2.24) is 21.3 Å². The Morgan fingerprint density at radius 2 is 1.25 bits per heavy atom. The van der Waals surface area contributed by atoms with Crippen molar-refractivity contribution in [3.63, 3.8) is 0 Å². The standard InChI is InChI=1S/C42H59N5O12S/c1-31(2)32(3)45-42(52)36(14-15-38(48)44-20-29-60(53,54)55)46-40(50)18-21-56-23-25-58-27-28-59-26-24-57-22-19-43-39(49)16-17-41(51)47-30-35-10-5-4-8-33(35)12-13-34-9-6-7-11-37(34)47/h4-11,31-32,36H,14-30H2,1-3H3,(H,43,49)(H,44,48)(H,45,52)(H,46,50)(H,53,54,55). The molecule has 18 heteroatoms. The highest BCUT2D eigenvalue weighted by molar-refractivity contribution is 7.85. The zero-order valence-electron chi connectivity index (χ0n) is 34.7. The fraction of sp³-hybridized carbons (Fsp3) is 0.548. The lowest BCUT2D eigenvalue weighted by molar-refractivity contribution is -0.130. The molecule has 0 bridgehead atoms. The minimum atomic E-state index is -4.23. The van der Waals surface area contributed by atoms with Gasteiger partial charge in [-0.25, -0.2) is 0 Å². The fourth-order valence-corrected chi connectivity index (χ4v) is 5.91. The number of fused-ring (bicyclic) bond motifs is 2. The lowest BCUT2D eigenvalue weighted by Gasteiger charge is -2.26. The summed E-state index contributed by atoms with van der Waals surface area (Å²) < 4.78 is 52.5. The lowest BCUT2D eigenvalue weighted by Crippen LogP contribution is -2.50. The van der Waals surface area contributed by atoms with Crippen molar-refractivity contribution in [2.75, 3.05) is 76.6 Å². The van der Waals surface area contributed by atoms with Crippen LogP contribution in [0.5, 0.6) is 0 Å². The fourth-order valence-electron chi connectivity index (χ4n) is 5.55. The molecule has 3 rings (SSSR count). The normalized spacial score (nSPS) is 13.1. The van der Waals surface area contributed by atoms with Crippen molar-refractivity contribution in [2.24, 2.45) is 5.92 Å². The molecule has 0 radical (unpaired) electrons. The number of anilines is 1. The van der Waals surface area contributed by atoms with Gasteiger partial charge in [-0.1, -0.05) is 56.0 Å². The Labute approximate surface area is 352 Å². The quantitative estimate of drug-likeness (QED) is 0.0469. The van der Waals surface area contributed by atoms with Crippen molar-refractivity contribution < 1.29 is 55.9 Å². The van der Waals surface area contributed by atoms with E-state index in [-0.39, 0.29) is 88.9 Å². The highest BCUT2D eigenvalue weighted by atomic mass is 32.2. The Morgan fingerprint density at radius 3 is 1.92 bits per heavy atom. The first kappa shape index (κ1) is 49.5. The molecule has 0 fully saturated rings. The molecule has 2 aromatic rings. The molecule has 2 aromatic carbocycles. The van der Waals surface area contributed by atoms with Gasteiger partial charge in [-0.2, -0.15) is 8.42 Å². The van der Waals surface area contributed by atoms with E-state index in [4.69, 9.17) is 23.5 Å². The van der Waals surface area contributed by atoms with E-state index in [1.54, 1.807) is 4.90 Å². The second-order valence-corrected chi connectivity index (χ2v) is 15.9. The van der Waals surface area contributed by atoms with Crippen LogP contribution in [0, 0.1) is 17.8 Å². The largest absolute Gasteiger partial charge is 0.379 e. The summed E-state index contributed by atoms with van der Waals surface area (Å²) in [5.41, 5.74) is 3.30. The first-order valence-corrected chi connectivity index (χ1v) is 21.7. The molecule has 60 heavy (non-hydrogen) atoms. The topological polar surface area (TPSA) is 228 Å². The van der Waals surface area contributed by atoms with Crippen LogP contribution in [-0.4, -0.2) is 126 Å². The predicted octanol–water partition coefficient (Wildman–Crippen LogP) is 1.72. The smallest absolute Gasteiger partial charge is 0.266 e. The van der Waals surface area contributed by atoms with Gasteiger partial charge in [-0.3, -0.25) is 28.5 Å². The Hall–Kier alpha value is -4.90. The summed E-state index contributed by atoms with van der Waals surface area (Å²) in [5.74, 6) is 4.04. The molecule has 1 heterocycles. The van der Waals surface area contributed by atoms with Gasteiger partial charge >= 0.3 is 0 Å². The Balaban J connectivity index is 1.19. The summed E-state index contributed by atoms with van der Waals surface area (Å²) in [7, 11) is -4.23. The lowest BCUT2D eigenvalue weighted by atomic mass is 10.0. The molecule has 5 N–H and O–H groups in total. The van der Waals surface area contributed by atoms with Crippen molar-refractivity contribution in [3.05, 3.63) is 65.2 Å². The molecule has 0 aliphatic carbocycles. The van der Waals surface area contributed by atoms with Crippen LogP contribution >= 0.6 is 0 Å². The van der Waals surface area contributed by atoms with Crippen LogP contribution in [0.2, 0.25) is 0 Å². The first-order chi connectivity index (χ1) is 28.7. The number of nitrogens with zero attached hydrogens (tertiary/aromatic N) is 1. The molecular formula is C42H59N5O12S. The second-order valence-electron chi connectivity index (χ2n) is 14.3. The van der Waals surface area contributed by atoms with Gasteiger partial charge in [-0.05, 0) is 43.0 Å². The van der Waals surface area contributed by atoms with E-state index in [1.807, 2.05) is 69.3 Å². The second kappa shape index (κ2) is 27.0. The van der Waals surface area contributed by atoms with E-state index in [2.05, 4.69) is 33.1 Å². The maximum absolute atomic E-state index is 13.3. The van der Waals surface area contributed by atoms with Crippen LogP contribution in [0.4, 0.5) is 5.69 Å². The number of carbonyl (C=O) groups excluding carboxylic acids is 5. The van der Waals surface area contributed by atoms with Crippen molar-refractivity contribution in [3.8, 4) is 11.8 Å². The third kappa shape index (κ3) is 19.9. The molecule has 0 spiro atoms. The molecule has 0 aromatic heterocycles. The summed E-state index contributed by atoms with van der Waals surface area (Å²) in [6, 6.07) is 14.1. The van der Waals surface area contributed by atoms with E-state index < -0.39 is 39.6 Å². The summed E-state index contributed by atoms with van der Waals surface area (Å²) in [6.07, 6.45) is -0.106. The van der Waals surface area contributed by atoms with E-state index in [0.717, 1.165) is 22.4 Å². The third-order valence-corrected chi connectivity index (χ3v) is 9.98. The monoisotopic (exact) mass is 857 g/mol. The van der Waals surface area contributed by atoms with Crippen molar-refractivity contribution >= 4 is 45.3 Å². The highest BCUT2D eigenvalue weighted by Gasteiger charge is 2.25. The van der Waals surface area contributed by atoms with Crippen LogP contribution in [0.3, 0.4) is 0 Å². The van der Waals surface area contributed by atoms with E-state index in [0.29, 0.717) is 39.5 Å². The molecule has 1 aliphatic rings. The van der Waals surface area contributed by atoms with E-state index in [1.165, 1.54) is 0 Å². The van der Waals surface area contributed by atoms with Gasteiger partial charge in [0.1, 0.15) is 6.04 Å². The number of hydrogen-bond acceptors (Lipinski definition) is 11. The van der Waals surface area contributed by atoms with Gasteiger partial charge in [0.15, 0.2) is 0 Å². The van der Waals surface area contributed by atoms with Gasteiger partial charge in [-0.15, -0.1) is 0 Å². The van der Waals surface area contributed by atoms with Crippen molar-refractivity contribution in [1.29, 1.82) is 0 Å². The maximum atomic E-state index is 13.3. The maximum Gasteiger partial charge on any atom is 0.266 e.